The van der Waals surface area contributed by atoms with Crippen molar-refractivity contribution < 1.29 is 13.9 Å². The predicted octanol–water partition coefficient (Wildman–Crippen LogP) is 2.79. The number of alkyl carbamates (subject to hydrolysis) is 1. The Hall–Kier alpha value is -0.810. The SMILES string of the molecule is Cl.O=C1N[C@@H](c2cc(Br)ccc2F)CO1. The van der Waals surface area contributed by atoms with E-state index in [0.29, 0.717) is 5.56 Å². The van der Waals surface area contributed by atoms with Crippen LogP contribution in [0, 0.1) is 5.82 Å². The molecule has 0 saturated carbocycles. The Bertz CT molecular complexity index is 388. The lowest BCUT2D eigenvalue weighted by Gasteiger charge is -2.08. The van der Waals surface area contributed by atoms with Gasteiger partial charge in [0.25, 0.3) is 0 Å². The maximum Gasteiger partial charge on any atom is 0.407 e. The maximum atomic E-state index is 13.3. The van der Waals surface area contributed by atoms with Crippen LogP contribution in [0.3, 0.4) is 0 Å². The van der Waals surface area contributed by atoms with E-state index in [4.69, 9.17) is 0 Å². The summed E-state index contributed by atoms with van der Waals surface area (Å²) in [6, 6.07) is 4.20. The molecule has 0 aromatic heterocycles. The summed E-state index contributed by atoms with van der Waals surface area (Å²) in [7, 11) is 0. The van der Waals surface area contributed by atoms with Gasteiger partial charge in [-0.1, -0.05) is 15.9 Å². The van der Waals surface area contributed by atoms with Crippen molar-refractivity contribution in [1.29, 1.82) is 0 Å². The second kappa shape index (κ2) is 4.81. The Balaban J connectivity index is 0.00000112. The number of amides is 1. The number of ether oxygens (including phenoxy) is 1. The molecule has 0 aliphatic carbocycles. The molecule has 1 heterocycles. The highest BCUT2D eigenvalue weighted by atomic mass is 79.9. The van der Waals surface area contributed by atoms with Gasteiger partial charge in [-0.25, -0.2) is 9.18 Å². The monoisotopic (exact) mass is 295 g/mol. The molecule has 0 bridgehead atoms. The van der Waals surface area contributed by atoms with Gasteiger partial charge in [-0.15, -0.1) is 12.4 Å². The molecule has 1 aromatic rings. The molecule has 1 saturated heterocycles. The summed E-state index contributed by atoms with van der Waals surface area (Å²) < 4.78 is 18.8. The Morgan fingerprint density at radius 3 is 2.87 bits per heavy atom. The summed E-state index contributed by atoms with van der Waals surface area (Å²) >= 11 is 3.24. The standard InChI is InChI=1S/C9H7BrFNO2.ClH/c10-5-1-2-7(11)6(3-5)8-4-14-9(13)12-8;/h1-3,8H,4H2,(H,12,13);1H/t8-;/m1./s1. The fourth-order valence-corrected chi connectivity index (χ4v) is 1.71. The molecular weight excluding hydrogens is 288 g/mol. The number of rotatable bonds is 1. The Morgan fingerprint density at radius 1 is 1.53 bits per heavy atom. The third-order valence-electron chi connectivity index (χ3n) is 2.01. The number of halogens is 3. The molecule has 1 N–H and O–H groups in total. The van der Waals surface area contributed by atoms with Gasteiger partial charge in [-0.3, -0.25) is 0 Å². The van der Waals surface area contributed by atoms with Gasteiger partial charge in [-0.05, 0) is 18.2 Å². The molecule has 0 radical (unpaired) electrons. The lowest BCUT2D eigenvalue weighted by Crippen LogP contribution is -2.19. The van der Waals surface area contributed by atoms with Crippen molar-refractivity contribution >= 4 is 34.4 Å². The number of carbonyl (C=O) groups is 1. The minimum atomic E-state index is -0.505. The zero-order valence-electron chi connectivity index (χ0n) is 7.50. The smallest absolute Gasteiger partial charge is 0.407 e. The molecule has 1 aliphatic rings. The van der Waals surface area contributed by atoms with Crippen molar-refractivity contribution in [3.63, 3.8) is 0 Å². The zero-order valence-corrected chi connectivity index (χ0v) is 9.90. The van der Waals surface area contributed by atoms with E-state index in [1.807, 2.05) is 0 Å². The molecule has 6 heteroatoms. The minimum Gasteiger partial charge on any atom is -0.447 e. The first-order valence-corrected chi connectivity index (χ1v) is 4.84. The van der Waals surface area contributed by atoms with Crippen LogP contribution in [0.4, 0.5) is 9.18 Å². The lowest BCUT2D eigenvalue weighted by molar-refractivity contribution is 0.177. The molecule has 1 aliphatic heterocycles. The normalized spacial score (nSPS) is 19.1. The maximum absolute atomic E-state index is 13.3. The van der Waals surface area contributed by atoms with E-state index in [1.165, 1.54) is 6.07 Å². The number of carbonyl (C=O) groups excluding carboxylic acids is 1. The van der Waals surface area contributed by atoms with Crippen LogP contribution in [-0.2, 0) is 4.74 Å². The van der Waals surface area contributed by atoms with Crippen molar-refractivity contribution in [2.24, 2.45) is 0 Å². The van der Waals surface area contributed by atoms with E-state index >= 15 is 0 Å². The molecule has 3 nitrogen and oxygen atoms in total. The van der Waals surface area contributed by atoms with Crippen molar-refractivity contribution in [1.82, 2.24) is 5.32 Å². The number of cyclic esters (lactones) is 1. The summed E-state index contributed by atoms with van der Waals surface area (Å²) in [5.74, 6) is -0.344. The highest BCUT2D eigenvalue weighted by Crippen LogP contribution is 2.24. The van der Waals surface area contributed by atoms with Crippen LogP contribution >= 0.6 is 28.3 Å². The predicted molar refractivity (Wildman–Crippen MR) is 58.6 cm³/mol. The molecule has 2 rings (SSSR count). The number of nitrogens with one attached hydrogen (secondary N) is 1. The number of hydrogen-bond acceptors (Lipinski definition) is 2. The second-order valence-corrected chi connectivity index (χ2v) is 3.88. The fourth-order valence-electron chi connectivity index (χ4n) is 1.33. The molecule has 15 heavy (non-hydrogen) atoms. The van der Waals surface area contributed by atoms with Crippen molar-refractivity contribution in [3.05, 3.63) is 34.1 Å². The van der Waals surface area contributed by atoms with Gasteiger partial charge in [0.05, 0.1) is 6.04 Å². The van der Waals surface area contributed by atoms with Crippen LogP contribution in [0.2, 0.25) is 0 Å². The van der Waals surface area contributed by atoms with Gasteiger partial charge in [0.2, 0.25) is 0 Å². The lowest BCUT2D eigenvalue weighted by atomic mass is 10.1. The average molecular weight is 297 g/mol. The van der Waals surface area contributed by atoms with Crippen LogP contribution in [0.25, 0.3) is 0 Å². The van der Waals surface area contributed by atoms with Crippen LogP contribution in [0.15, 0.2) is 22.7 Å². The molecule has 1 atom stereocenters. The molecule has 82 valence electrons. The van der Waals surface area contributed by atoms with E-state index < -0.39 is 6.09 Å². The number of hydrogen-bond donors (Lipinski definition) is 1. The molecule has 1 amide bonds. The first-order chi connectivity index (χ1) is 6.66. The minimum absolute atomic E-state index is 0. The van der Waals surface area contributed by atoms with Crippen LogP contribution < -0.4 is 5.32 Å². The highest BCUT2D eigenvalue weighted by molar-refractivity contribution is 9.10. The van der Waals surface area contributed by atoms with E-state index in [9.17, 15) is 9.18 Å². The average Bonchev–Trinajstić information content (AvgIpc) is 2.56. The fraction of sp³-hybridized carbons (Fsp3) is 0.222. The van der Waals surface area contributed by atoms with E-state index in [2.05, 4.69) is 26.0 Å². The van der Waals surface area contributed by atoms with Gasteiger partial charge < -0.3 is 10.1 Å². The van der Waals surface area contributed by atoms with Crippen LogP contribution in [-0.4, -0.2) is 12.7 Å². The van der Waals surface area contributed by atoms with E-state index in [-0.39, 0.29) is 30.9 Å². The highest BCUT2D eigenvalue weighted by Gasteiger charge is 2.26. The van der Waals surface area contributed by atoms with E-state index in [1.54, 1.807) is 12.1 Å². The third kappa shape index (κ3) is 2.60. The van der Waals surface area contributed by atoms with Crippen LogP contribution in [0.1, 0.15) is 11.6 Å². The van der Waals surface area contributed by atoms with Gasteiger partial charge in [0.15, 0.2) is 0 Å². The van der Waals surface area contributed by atoms with Gasteiger partial charge in [-0.2, -0.15) is 0 Å². The van der Waals surface area contributed by atoms with Crippen molar-refractivity contribution in [3.8, 4) is 0 Å². The molecule has 0 spiro atoms. The number of benzene rings is 1. The summed E-state index contributed by atoms with van der Waals surface area (Å²) in [5, 5.41) is 2.52. The Labute approximate surface area is 101 Å². The summed E-state index contributed by atoms with van der Waals surface area (Å²) in [5.41, 5.74) is 0.435. The molecule has 0 unspecified atom stereocenters. The largest absolute Gasteiger partial charge is 0.447 e. The molecule has 1 fully saturated rings. The Kier molecular flexibility index (Phi) is 3.93. The first-order valence-electron chi connectivity index (χ1n) is 4.05. The summed E-state index contributed by atoms with van der Waals surface area (Å²) in [4.78, 5) is 10.8. The summed E-state index contributed by atoms with van der Waals surface area (Å²) in [6.45, 7) is 0.173. The van der Waals surface area contributed by atoms with Crippen molar-refractivity contribution in [2.45, 2.75) is 6.04 Å². The third-order valence-corrected chi connectivity index (χ3v) is 2.50. The van der Waals surface area contributed by atoms with E-state index in [0.717, 1.165) is 4.47 Å². The van der Waals surface area contributed by atoms with Gasteiger partial charge >= 0.3 is 6.09 Å². The second-order valence-electron chi connectivity index (χ2n) is 2.96. The molecule has 1 aromatic carbocycles. The van der Waals surface area contributed by atoms with Gasteiger partial charge in [0.1, 0.15) is 12.4 Å². The first kappa shape index (κ1) is 12.3. The summed E-state index contributed by atoms with van der Waals surface area (Å²) in [6.07, 6.45) is -0.505. The quantitative estimate of drug-likeness (QED) is 0.865. The zero-order chi connectivity index (χ0) is 10.1. The van der Waals surface area contributed by atoms with Crippen molar-refractivity contribution in [2.75, 3.05) is 6.61 Å². The topological polar surface area (TPSA) is 38.3 Å². The molecular formula is C9H8BrClFNO2. The Morgan fingerprint density at radius 2 is 2.27 bits per heavy atom. The van der Waals surface area contributed by atoms with Crippen LogP contribution in [0.5, 0.6) is 0 Å². The van der Waals surface area contributed by atoms with Gasteiger partial charge in [0, 0.05) is 10.0 Å².